The van der Waals surface area contributed by atoms with E-state index in [0.717, 1.165) is 12.1 Å². The highest BCUT2D eigenvalue weighted by Gasteiger charge is 2.53. The fourth-order valence-corrected chi connectivity index (χ4v) is 16.2. The van der Waals surface area contributed by atoms with Gasteiger partial charge in [0.15, 0.2) is 23.2 Å². The number of benzene rings is 1. The van der Waals surface area contributed by atoms with E-state index in [0.29, 0.717) is 16.6 Å². The summed E-state index contributed by atoms with van der Waals surface area (Å²) in [4.78, 5) is 23.8. The summed E-state index contributed by atoms with van der Waals surface area (Å²) in [5.74, 6) is -5.19. The zero-order chi connectivity index (χ0) is 31.5. The lowest BCUT2D eigenvalue weighted by Crippen LogP contribution is -2.55. The number of nitrogens with zero attached hydrogens (tertiary/aromatic N) is 3. The highest BCUT2D eigenvalue weighted by Crippen LogP contribution is 2.54. The molecule has 1 aliphatic heterocycles. The van der Waals surface area contributed by atoms with Gasteiger partial charge in [0, 0.05) is 18.4 Å². The lowest BCUT2D eigenvalue weighted by Gasteiger charge is -2.50. The second-order valence-electron chi connectivity index (χ2n) is 11.9. The molecule has 1 aromatic heterocycles. The zero-order valence-corrected chi connectivity index (χ0v) is 27.5. The first-order chi connectivity index (χ1) is 19.6. The van der Waals surface area contributed by atoms with Gasteiger partial charge < -0.3 is 14.2 Å². The van der Waals surface area contributed by atoms with E-state index in [4.69, 9.17) is 14.2 Å². The summed E-state index contributed by atoms with van der Waals surface area (Å²) >= 11 is 1.78. The maximum Gasteiger partial charge on any atom is 0.302 e. The van der Waals surface area contributed by atoms with Crippen LogP contribution in [0, 0.1) is 23.4 Å². The summed E-state index contributed by atoms with van der Waals surface area (Å²) in [6.45, 7) is 17.9. The Kier molecular flexibility index (Phi) is 11.5. The van der Waals surface area contributed by atoms with E-state index in [1.165, 1.54) is 20.0 Å². The molecule has 1 fully saturated rings. The number of ketones is 1. The van der Waals surface area contributed by atoms with E-state index in [-0.39, 0.29) is 36.2 Å². The third-order valence-electron chi connectivity index (χ3n) is 8.09. The van der Waals surface area contributed by atoms with Crippen molar-refractivity contribution in [2.45, 2.75) is 103 Å². The molecule has 0 spiro atoms. The van der Waals surface area contributed by atoms with Crippen LogP contribution in [-0.4, -0.2) is 64.8 Å². The van der Waals surface area contributed by atoms with Gasteiger partial charge in [0.2, 0.25) is 0 Å². The maximum absolute atomic E-state index is 14.0. The number of hydrogen-bond donors (Lipinski definition) is 0. The molecule has 0 saturated carbocycles. The van der Waals surface area contributed by atoms with E-state index in [9.17, 15) is 22.8 Å². The molecular weight excluding hydrogens is 587 g/mol. The molecule has 8 nitrogen and oxygen atoms in total. The first-order valence-corrected chi connectivity index (χ1v) is 18.1. The van der Waals surface area contributed by atoms with Gasteiger partial charge in [-0.3, -0.25) is 9.59 Å². The second kappa shape index (κ2) is 14.0. The number of carbonyl (C=O) groups excluding carboxylic acids is 2. The van der Waals surface area contributed by atoms with Gasteiger partial charge in [-0.05, 0) is 35.7 Å². The van der Waals surface area contributed by atoms with Gasteiger partial charge >= 0.3 is 5.97 Å². The van der Waals surface area contributed by atoms with Crippen LogP contribution in [0.3, 0.4) is 0 Å². The number of esters is 1. The van der Waals surface area contributed by atoms with Crippen LogP contribution in [0.5, 0.6) is 0 Å². The van der Waals surface area contributed by atoms with Crippen molar-refractivity contribution in [3.8, 4) is 11.3 Å². The summed E-state index contributed by atoms with van der Waals surface area (Å²) in [6.07, 6.45) is 0.313. The molecule has 1 saturated heterocycles. The van der Waals surface area contributed by atoms with Gasteiger partial charge in [-0.25, -0.2) is 17.9 Å². The Hall–Kier alpha value is -2.22. The first-order valence-electron chi connectivity index (χ1n) is 14.2. The molecule has 0 aliphatic carbocycles. The lowest BCUT2D eigenvalue weighted by atomic mass is 9.89. The Bertz CT molecular complexity index is 1220. The SMILES string of the molecule is CC(=O)COC1C(S[Si](C(C)C)(C(C)C)C(C)C)OC(COC(C)=O)C(C)C1n1cc(-c2cc(F)c(F)c(F)c2)nn1. The van der Waals surface area contributed by atoms with Crippen LogP contribution < -0.4 is 0 Å². The average Bonchev–Trinajstić information content (AvgIpc) is 3.37. The Labute approximate surface area is 250 Å². The molecule has 0 radical (unpaired) electrons. The Morgan fingerprint density at radius 2 is 1.62 bits per heavy atom. The monoisotopic (exact) mass is 629 g/mol. The molecule has 0 amide bonds. The van der Waals surface area contributed by atoms with Crippen LogP contribution in [-0.2, 0) is 23.8 Å². The van der Waals surface area contributed by atoms with Crippen LogP contribution in [0.15, 0.2) is 18.3 Å². The van der Waals surface area contributed by atoms with E-state index >= 15 is 0 Å². The van der Waals surface area contributed by atoms with E-state index in [1.807, 2.05) is 6.92 Å². The molecule has 5 atom stereocenters. The number of carbonyl (C=O) groups is 2. The molecule has 234 valence electrons. The van der Waals surface area contributed by atoms with Gasteiger partial charge in [-0.15, -0.1) is 5.10 Å². The molecule has 1 aromatic carbocycles. The average molecular weight is 630 g/mol. The molecule has 2 aromatic rings. The predicted molar refractivity (Wildman–Crippen MR) is 158 cm³/mol. The van der Waals surface area contributed by atoms with Crippen molar-refractivity contribution < 1.29 is 37.0 Å². The number of Topliss-reactive ketones (excluding diaryl/α,β-unsaturated/α-hetero) is 1. The maximum atomic E-state index is 14.0. The summed E-state index contributed by atoms with van der Waals surface area (Å²) in [7, 11) is -2.15. The van der Waals surface area contributed by atoms with Crippen molar-refractivity contribution >= 4 is 30.2 Å². The summed E-state index contributed by atoms with van der Waals surface area (Å²) in [5.41, 5.74) is 0.750. The number of halogens is 3. The summed E-state index contributed by atoms with van der Waals surface area (Å²) in [6, 6.07) is 1.17. The minimum absolute atomic E-state index is 0.000974. The minimum Gasteiger partial charge on any atom is -0.463 e. The topological polar surface area (TPSA) is 92.5 Å². The molecule has 5 unspecified atom stereocenters. The van der Waals surface area contributed by atoms with Crippen molar-refractivity contribution in [2.75, 3.05) is 13.2 Å². The smallest absolute Gasteiger partial charge is 0.302 e. The molecule has 1 aliphatic rings. The number of rotatable bonds is 12. The summed E-state index contributed by atoms with van der Waals surface area (Å²) < 4.78 is 61.5. The summed E-state index contributed by atoms with van der Waals surface area (Å²) in [5, 5.41) is 8.43. The highest BCUT2D eigenvalue weighted by molar-refractivity contribution is 8.29. The fourth-order valence-electron chi connectivity index (χ4n) is 6.19. The van der Waals surface area contributed by atoms with Crippen molar-refractivity contribution in [2.24, 2.45) is 5.92 Å². The number of hydrogen-bond acceptors (Lipinski definition) is 8. The van der Waals surface area contributed by atoms with Crippen LogP contribution in [0.4, 0.5) is 13.2 Å². The molecule has 2 heterocycles. The van der Waals surface area contributed by atoms with Gasteiger partial charge in [-0.1, -0.05) is 53.7 Å². The van der Waals surface area contributed by atoms with Crippen molar-refractivity contribution in [3.63, 3.8) is 0 Å². The third-order valence-corrected chi connectivity index (χ3v) is 20.7. The van der Waals surface area contributed by atoms with Gasteiger partial charge in [0.25, 0.3) is 0 Å². The molecule has 0 bridgehead atoms. The lowest BCUT2D eigenvalue weighted by molar-refractivity contribution is -0.178. The molecule has 0 N–H and O–H groups in total. The fraction of sp³-hybridized carbons (Fsp3) is 0.655. The molecule has 42 heavy (non-hydrogen) atoms. The van der Waals surface area contributed by atoms with E-state index in [2.05, 4.69) is 51.9 Å². The van der Waals surface area contributed by atoms with Crippen molar-refractivity contribution in [1.29, 1.82) is 0 Å². The number of ether oxygens (including phenoxy) is 3. The Balaban J connectivity index is 2.13. The van der Waals surface area contributed by atoms with Crippen LogP contribution in [0.25, 0.3) is 11.3 Å². The quantitative estimate of drug-likeness (QED) is 0.145. The first kappa shape index (κ1) is 34.3. The van der Waals surface area contributed by atoms with Crippen LogP contribution >= 0.6 is 11.2 Å². The van der Waals surface area contributed by atoms with Crippen LogP contribution in [0.2, 0.25) is 16.6 Å². The second-order valence-corrected chi connectivity index (χ2v) is 20.6. The largest absolute Gasteiger partial charge is 0.463 e. The van der Waals surface area contributed by atoms with Gasteiger partial charge in [0.05, 0.1) is 18.3 Å². The standard InChI is InChI=1S/C29H42F3N3O5SSi/c1-15(2)42(16(3)4,17(5)6)41-29-28(39-13-18(7)36)27(19(8)25(40-29)14-38-20(9)37)35-12-24(33-34-35)21-10-22(30)26(32)23(31)11-21/h10-12,15-17,19,25,27-29H,13-14H2,1-9H3. The Morgan fingerprint density at radius 3 is 2.12 bits per heavy atom. The number of aromatic nitrogens is 3. The van der Waals surface area contributed by atoms with Crippen LogP contribution in [0.1, 0.15) is 68.4 Å². The van der Waals surface area contributed by atoms with Gasteiger partial charge in [0.1, 0.15) is 37.7 Å². The highest BCUT2D eigenvalue weighted by atomic mass is 32.4. The van der Waals surface area contributed by atoms with Gasteiger partial charge in [-0.2, -0.15) is 11.2 Å². The van der Waals surface area contributed by atoms with Crippen molar-refractivity contribution in [3.05, 3.63) is 35.8 Å². The molecule has 13 heteroatoms. The van der Waals surface area contributed by atoms with Crippen molar-refractivity contribution in [1.82, 2.24) is 15.0 Å². The third kappa shape index (κ3) is 7.28. The molecular formula is C29H42F3N3O5SSi. The predicted octanol–water partition coefficient (Wildman–Crippen LogP) is 6.71. The van der Waals surface area contributed by atoms with E-state index < -0.39 is 54.3 Å². The molecule has 3 rings (SSSR count). The normalized spacial score (nSPS) is 23.2. The zero-order valence-electron chi connectivity index (χ0n) is 25.7. The Morgan fingerprint density at radius 1 is 1.05 bits per heavy atom. The minimum atomic E-state index is -2.15. The van der Waals surface area contributed by atoms with E-state index in [1.54, 1.807) is 15.9 Å².